The van der Waals surface area contributed by atoms with Gasteiger partial charge in [-0.15, -0.1) is 0 Å². The normalized spacial score (nSPS) is 18.3. The van der Waals surface area contributed by atoms with Gasteiger partial charge in [0.05, 0.1) is 6.54 Å². The highest BCUT2D eigenvalue weighted by Gasteiger charge is 2.29. The van der Waals surface area contributed by atoms with Gasteiger partial charge in [0.25, 0.3) is 0 Å². The van der Waals surface area contributed by atoms with Crippen LogP contribution in [0.25, 0.3) is 0 Å². The summed E-state index contributed by atoms with van der Waals surface area (Å²) in [6.45, 7) is 6.98. The van der Waals surface area contributed by atoms with Gasteiger partial charge in [-0.3, -0.25) is 9.78 Å². The number of nitrogens with one attached hydrogen (secondary N) is 1. The average molecular weight is 305 g/mol. The molecule has 1 fully saturated rings. The van der Waals surface area contributed by atoms with E-state index in [-0.39, 0.29) is 24.5 Å². The Balaban J connectivity index is 1.77. The number of likely N-dealkylation sites (tertiary alicyclic amines) is 1. The molecule has 1 atom stereocenters. The quantitative estimate of drug-likeness (QED) is 0.860. The fraction of sp³-hybridized carbons (Fsp3) is 0.562. The first-order valence-corrected chi connectivity index (χ1v) is 7.51. The number of hydrogen-bond donors (Lipinski definition) is 1. The zero-order valence-electron chi connectivity index (χ0n) is 13.3. The minimum absolute atomic E-state index is 0.0451. The molecule has 0 aromatic carbocycles. The second-order valence-electron chi connectivity index (χ2n) is 6.43. The van der Waals surface area contributed by atoms with Crippen molar-refractivity contribution in [3.63, 3.8) is 0 Å². The topological polar surface area (TPSA) is 71.5 Å². The van der Waals surface area contributed by atoms with E-state index in [0.717, 1.165) is 6.42 Å². The van der Waals surface area contributed by atoms with Crippen molar-refractivity contribution in [3.8, 4) is 0 Å². The molecule has 0 bridgehead atoms. The van der Waals surface area contributed by atoms with E-state index >= 15 is 0 Å². The Morgan fingerprint density at radius 3 is 2.82 bits per heavy atom. The lowest BCUT2D eigenvalue weighted by atomic mass is 10.2. The van der Waals surface area contributed by atoms with Crippen LogP contribution >= 0.6 is 0 Å². The monoisotopic (exact) mass is 305 g/mol. The summed E-state index contributed by atoms with van der Waals surface area (Å²) in [5, 5.41) is 3.19. The van der Waals surface area contributed by atoms with E-state index in [9.17, 15) is 9.59 Å². The van der Waals surface area contributed by atoms with Crippen LogP contribution in [0, 0.1) is 0 Å². The van der Waals surface area contributed by atoms with Crippen LogP contribution in [0.3, 0.4) is 0 Å². The third kappa shape index (κ3) is 4.80. The molecule has 1 saturated heterocycles. The van der Waals surface area contributed by atoms with Gasteiger partial charge >= 0.3 is 6.09 Å². The number of aromatic nitrogens is 1. The van der Waals surface area contributed by atoms with Gasteiger partial charge in [-0.25, -0.2) is 4.79 Å². The molecule has 1 N–H and O–H groups in total. The minimum Gasteiger partial charge on any atom is -0.444 e. The van der Waals surface area contributed by atoms with E-state index in [4.69, 9.17) is 4.74 Å². The number of hydrogen-bond acceptors (Lipinski definition) is 5. The molecular weight excluding hydrogens is 282 g/mol. The van der Waals surface area contributed by atoms with Gasteiger partial charge in [0.1, 0.15) is 11.3 Å². The van der Waals surface area contributed by atoms with Gasteiger partial charge in [0.2, 0.25) is 0 Å². The Bertz CT molecular complexity index is 525. The lowest BCUT2D eigenvalue weighted by Gasteiger charge is -2.24. The van der Waals surface area contributed by atoms with E-state index in [2.05, 4.69) is 10.3 Å². The minimum atomic E-state index is -0.489. The van der Waals surface area contributed by atoms with Crippen molar-refractivity contribution in [2.75, 3.05) is 19.6 Å². The summed E-state index contributed by atoms with van der Waals surface area (Å²) < 4.78 is 5.35. The summed E-state index contributed by atoms with van der Waals surface area (Å²) in [5.74, 6) is -0.0451. The number of ketones is 1. The summed E-state index contributed by atoms with van der Waals surface area (Å²) in [4.78, 5) is 29.6. The highest BCUT2D eigenvalue weighted by atomic mass is 16.6. The highest BCUT2D eigenvalue weighted by molar-refractivity contribution is 5.95. The number of pyridine rings is 1. The van der Waals surface area contributed by atoms with Crippen molar-refractivity contribution >= 4 is 11.9 Å². The van der Waals surface area contributed by atoms with Gasteiger partial charge in [-0.2, -0.15) is 0 Å². The molecule has 1 aromatic heterocycles. The maximum atomic E-state index is 12.0. The molecule has 22 heavy (non-hydrogen) atoms. The molecule has 1 amide bonds. The zero-order chi connectivity index (χ0) is 16.2. The Morgan fingerprint density at radius 2 is 2.18 bits per heavy atom. The number of rotatable bonds is 4. The highest BCUT2D eigenvalue weighted by Crippen LogP contribution is 2.15. The van der Waals surface area contributed by atoms with E-state index in [0.29, 0.717) is 18.8 Å². The maximum Gasteiger partial charge on any atom is 0.410 e. The van der Waals surface area contributed by atoms with Gasteiger partial charge in [-0.1, -0.05) is 6.07 Å². The Morgan fingerprint density at radius 1 is 1.41 bits per heavy atom. The second kappa shape index (κ2) is 6.87. The van der Waals surface area contributed by atoms with Crippen LogP contribution < -0.4 is 5.32 Å². The molecule has 1 aromatic rings. The van der Waals surface area contributed by atoms with Crippen LogP contribution in [0.15, 0.2) is 24.4 Å². The van der Waals surface area contributed by atoms with Crippen LogP contribution in [0.5, 0.6) is 0 Å². The Labute approximate surface area is 130 Å². The molecule has 0 saturated carbocycles. The van der Waals surface area contributed by atoms with Crippen molar-refractivity contribution in [2.45, 2.75) is 38.8 Å². The molecular formula is C16H23N3O3. The molecule has 6 heteroatoms. The largest absolute Gasteiger partial charge is 0.444 e. The standard InChI is InChI=1S/C16H23N3O3/c1-16(2,3)22-15(21)19-9-7-12(11-19)18-10-14(20)13-6-4-5-8-17-13/h4-6,8,12,18H,7,9-11H2,1-3H3/t12-/m1/s1. The zero-order valence-corrected chi connectivity index (χ0v) is 13.3. The van der Waals surface area contributed by atoms with E-state index < -0.39 is 5.60 Å². The fourth-order valence-electron chi connectivity index (χ4n) is 2.27. The van der Waals surface area contributed by atoms with Crippen molar-refractivity contribution in [1.82, 2.24) is 15.2 Å². The summed E-state index contributed by atoms with van der Waals surface area (Å²) in [7, 11) is 0. The van der Waals surface area contributed by atoms with Gasteiger partial charge in [0, 0.05) is 25.3 Å². The summed E-state index contributed by atoms with van der Waals surface area (Å²) in [5.41, 5.74) is -0.0330. The molecule has 1 aliphatic rings. The van der Waals surface area contributed by atoms with Crippen molar-refractivity contribution < 1.29 is 14.3 Å². The summed E-state index contributed by atoms with van der Waals surface area (Å²) >= 11 is 0. The maximum absolute atomic E-state index is 12.0. The van der Waals surface area contributed by atoms with Crippen molar-refractivity contribution in [2.24, 2.45) is 0 Å². The van der Waals surface area contributed by atoms with E-state index in [1.54, 1.807) is 29.3 Å². The molecule has 6 nitrogen and oxygen atoms in total. The predicted molar refractivity (Wildman–Crippen MR) is 82.8 cm³/mol. The van der Waals surface area contributed by atoms with Gasteiger partial charge in [-0.05, 0) is 39.3 Å². The van der Waals surface area contributed by atoms with Crippen LogP contribution in [0.4, 0.5) is 4.79 Å². The second-order valence-corrected chi connectivity index (χ2v) is 6.43. The number of carbonyl (C=O) groups is 2. The first-order valence-electron chi connectivity index (χ1n) is 7.51. The van der Waals surface area contributed by atoms with Crippen molar-refractivity contribution in [3.05, 3.63) is 30.1 Å². The number of ether oxygens (including phenoxy) is 1. The third-order valence-corrected chi connectivity index (χ3v) is 3.34. The van der Waals surface area contributed by atoms with Gasteiger partial charge < -0.3 is 15.0 Å². The van der Waals surface area contributed by atoms with Crippen LogP contribution in [-0.2, 0) is 4.74 Å². The molecule has 2 heterocycles. The average Bonchev–Trinajstić information content (AvgIpc) is 2.93. The number of amides is 1. The van der Waals surface area contributed by atoms with Crippen LogP contribution in [-0.4, -0.2) is 53.0 Å². The van der Waals surface area contributed by atoms with Gasteiger partial charge in [0.15, 0.2) is 5.78 Å². The van der Waals surface area contributed by atoms with Crippen LogP contribution in [0.2, 0.25) is 0 Å². The molecule has 2 rings (SSSR count). The Kier molecular flexibility index (Phi) is 5.13. The lowest BCUT2D eigenvalue weighted by molar-refractivity contribution is 0.0291. The van der Waals surface area contributed by atoms with E-state index in [1.165, 1.54) is 0 Å². The smallest absolute Gasteiger partial charge is 0.410 e. The molecule has 0 unspecified atom stereocenters. The fourth-order valence-corrected chi connectivity index (χ4v) is 2.27. The predicted octanol–water partition coefficient (Wildman–Crippen LogP) is 1.86. The lowest BCUT2D eigenvalue weighted by Crippen LogP contribution is -2.39. The molecule has 0 spiro atoms. The third-order valence-electron chi connectivity index (χ3n) is 3.34. The molecule has 0 aliphatic carbocycles. The number of Topliss-reactive ketones (excluding diaryl/α,β-unsaturated/α-hetero) is 1. The van der Waals surface area contributed by atoms with Crippen LogP contribution in [0.1, 0.15) is 37.7 Å². The molecule has 1 aliphatic heterocycles. The first-order chi connectivity index (χ1) is 10.3. The Hall–Kier alpha value is -1.95. The number of carbonyl (C=O) groups excluding carboxylic acids is 2. The number of nitrogens with zero attached hydrogens (tertiary/aromatic N) is 2. The molecule has 120 valence electrons. The summed E-state index contributed by atoms with van der Waals surface area (Å²) in [6.07, 6.45) is 2.12. The first kappa shape index (κ1) is 16.4. The van der Waals surface area contributed by atoms with E-state index in [1.807, 2.05) is 20.8 Å². The molecule has 0 radical (unpaired) electrons. The summed E-state index contributed by atoms with van der Waals surface area (Å²) in [6, 6.07) is 5.38. The SMILES string of the molecule is CC(C)(C)OC(=O)N1CC[C@@H](NCC(=O)c2ccccn2)C1. The van der Waals surface area contributed by atoms with Crippen molar-refractivity contribution in [1.29, 1.82) is 0 Å².